The smallest absolute Gasteiger partial charge is 0.185 e. The van der Waals surface area contributed by atoms with Crippen LogP contribution < -0.4 is 0 Å². The third-order valence-electron chi connectivity index (χ3n) is 6.50. The molecule has 0 amide bonds. The highest BCUT2D eigenvalue weighted by atomic mass is 32.2. The first-order chi connectivity index (χ1) is 12.5. The zero-order valence-corrected chi connectivity index (χ0v) is 17.8. The molecule has 0 saturated heterocycles. The Morgan fingerprint density at radius 3 is 2.15 bits per heavy atom. The number of rotatable bonds is 4. The second-order valence-electron chi connectivity index (χ2n) is 8.65. The Kier molecular flexibility index (Phi) is 5.02. The molecular formula is C24H28O2S. The molecule has 0 aromatic heterocycles. The van der Waals surface area contributed by atoms with E-state index in [1.807, 2.05) is 36.4 Å². The first kappa shape index (κ1) is 19.8. The summed E-state index contributed by atoms with van der Waals surface area (Å²) in [4.78, 5) is 13.5. The molecule has 2 aromatic rings. The third-order valence-corrected chi connectivity index (χ3v) is 7.43. The van der Waals surface area contributed by atoms with Gasteiger partial charge in [0.25, 0.3) is 0 Å². The van der Waals surface area contributed by atoms with Gasteiger partial charge in [-0.2, -0.15) is 0 Å². The molecule has 0 spiro atoms. The minimum absolute atomic E-state index is 0.00843. The molecule has 142 valence electrons. The number of allylic oxidation sites excluding steroid dienone is 1. The van der Waals surface area contributed by atoms with E-state index in [1.165, 1.54) is 11.1 Å². The van der Waals surface area contributed by atoms with Crippen LogP contribution >= 0.6 is 0 Å². The number of carbonyl (C=O) groups is 1. The summed E-state index contributed by atoms with van der Waals surface area (Å²) in [5.41, 5.74) is 4.45. The predicted molar refractivity (Wildman–Crippen MR) is 114 cm³/mol. The molecule has 0 fully saturated rings. The van der Waals surface area contributed by atoms with Crippen molar-refractivity contribution in [2.75, 3.05) is 6.26 Å². The van der Waals surface area contributed by atoms with E-state index in [-0.39, 0.29) is 16.6 Å². The van der Waals surface area contributed by atoms with Crippen LogP contribution in [-0.2, 0) is 21.6 Å². The van der Waals surface area contributed by atoms with Gasteiger partial charge in [-0.1, -0.05) is 65.0 Å². The van der Waals surface area contributed by atoms with Crippen molar-refractivity contribution in [3.05, 3.63) is 70.8 Å². The van der Waals surface area contributed by atoms with Crippen LogP contribution in [0.25, 0.3) is 6.08 Å². The van der Waals surface area contributed by atoms with Crippen LogP contribution in [0.1, 0.15) is 61.7 Å². The van der Waals surface area contributed by atoms with Crippen molar-refractivity contribution in [3.8, 4) is 0 Å². The first-order valence-electron chi connectivity index (χ1n) is 9.36. The van der Waals surface area contributed by atoms with E-state index < -0.39 is 10.8 Å². The Balaban J connectivity index is 1.87. The van der Waals surface area contributed by atoms with Crippen LogP contribution in [0.2, 0.25) is 0 Å². The van der Waals surface area contributed by atoms with E-state index in [4.69, 9.17) is 0 Å². The lowest BCUT2D eigenvalue weighted by Crippen LogP contribution is -2.30. The van der Waals surface area contributed by atoms with Crippen molar-refractivity contribution in [2.45, 2.75) is 50.3 Å². The van der Waals surface area contributed by atoms with Gasteiger partial charge in [-0.3, -0.25) is 9.00 Å². The van der Waals surface area contributed by atoms with Crippen molar-refractivity contribution >= 4 is 22.7 Å². The zero-order valence-electron chi connectivity index (χ0n) is 17.0. The van der Waals surface area contributed by atoms with Gasteiger partial charge in [-0.05, 0) is 57.7 Å². The average molecular weight is 381 g/mol. The van der Waals surface area contributed by atoms with Gasteiger partial charge < -0.3 is 0 Å². The summed E-state index contributed by atoms with van der Waals surface area (Å²) in [6.07, 6.45) is 5.09. The normalized spacial score (nSPS) is 21.2. The fourth-order valence-corrected chi connectivity index (χ4v) is 4.72. The molecule has 0 bridgehead atoms. The molecule has 2 nitrogen and oxygen atoms in total. The van der Waals surface area contributed by atoms with Crippen LogP contribution in [0, 0.1) is 5.92 Å². The summed E-state index contributed by atoms with van der Waals surface area (Å²) in [7, 11) is -0.988. The Morgan fingerprint density at radius 2 is 1.56 bits per heavy atom. The molecule has 3 rings (SSSR count). The largest absolute Gasteiger partial charge is 0.289 e. The maximum Gasteiger partial charge on any atom is 0.185 e. The van der Waals surface area contributed by atoms with E-state index in [1.54, 1.807) is 12.3 Å². The van der Waals surface area contributed by atoms with Crippen LogP contribution in [0.4, 0.5) is 0 Å². The van der Waals surface area contributed by atoms with Crippen LogP contribution in [0.5, 0.6) is 0 Å². The number of hydrogen-bond acceptors (Lipinski definition) is 2. The Bertz CT molecular complexity index is 933. The molecule has 1 aliphatic carbocycles. The second-order valence-corrected chi connectivity index (χ2v) is 10.0. The first-order valence-corrected chi connectivity index (χ1v) is 10.9. The summed E-state index contributed by atoms with van der Waals surface area (Å²) in [6, 6.07) is 13.6. The van der Waals surface area contributed by atoms with Crippen molar-refractivity contribution in [3.63, 3.8) is 0 Å². The summed E-state index contributed by atoms with van der Waals surface area (Å²) in [5, 5.41) is 0. The fraction of sp³-hybridized carbons (Fsp3) is 0.375. The summed E-state index contributed by atoms with van der Waals surface area (Å²) < 4.78 is 11.5. The van der Waals surface area contributed by atoms with Gasteiger partial charge in [-0.25, -0.2) is 0 Å². The standard InChI is InChI=1S/C24H28O2S/c1-16-23(2,3)20-13-10-18(15-21(20)24(16,4)5)22(25)14-9-17-7-11-19(12-8-17)27(6)26/h7-16H,1-6H3. The number of fused-ring (bicyclic) bond motifs is 1. The van der Waals surface area contributed by atoms with Crippen LogP contribution in [0.3, 0.4) is 0 Å². The van der Waals surface area contributed by atoms with E-state index in [0.29, 0.717) is 5.92 Å². The van der Waals surface area contributed by atoms with Gasteiger partial charge in [0.15, 0.2) is 5.78 Å². The van der Waals surface area contributed by atoms with Crippen LogP contribution in [0.15, 0.2) is 53.4 Å². The van der Waals surface area contributed by atoms with Crippen LogP contribution in [-0.4, -0.2) is 16.2 Å². The van der Waals surface area contributed by atoms with Gasteiger partial charge in [0.05, 0.1) is 0 Å². The average Bonchev–Trinajstić information content (AvgIpc) is 2.77. The topological polar surface area (TPSA) is 34.1 Å². The summed E-state index contributed by atoms with van der Waals surface area (Å²) in [5.74, 6) is 0.512. The highest BCUT2D eigenvalue weighted by Gasteiger charge is 2.48. The molecule has 1 aliphatic rings. The summed E-state index contributed by atoms with van der Waals surface area (Å²) in [6.45, 7) is 11.4. The fourth-order valence-electron chi connectivity index (χ4n) is 4.20. The Morgan fingerprint density at radius 1 is 0.963 bits per heavy atom. The molecule has 2 aromatic carbocycles. The molecule has 2 unspecified atom stereocenters. The maximum atomic E-state index is 12.7. The molecule has 0 saturated carbocycles. The minimum atomic E-state index is -0.988. The minimum Gasteiger partial charge on any atom is -0.289 e. The lowest BCUT2D eigenvalue weighted by Gasteiger charge is -2.32. The molecule has 0 aliphatic heterocycles. The number of benzene rings is 2. The van der Waals surface area contributed by atoms with Crippen molar-refractivity contribution in [2.24, 2.45) is 5.92 Å². The molecular weight excluding hydrogens is 352 g/mol. The van der Waals surface area contributed by atoms with Crippen molar-refractivity contribution in [1.29, 1.82) is 0 Å². The van der Waals surface area contributed by atoms with Gasteiger partial charge in [0.1, 0.15) is 0 Å². The zero-order chi connectivity index (χ0) is 20.0. The number of ketones is 1. The predicted octanol–water partition coefficient (Wildman–Crippen LogP) is 5.53. The molecule has 2 atom stereocenters. The van der Waals surface area contributed by atoms with Gasteiger partial charge >= 0.3 is 0 Å². The van der Waals surface area contributed by atoms with E-state index >= 15 is 0 Å². The lowest BCUT2D eigenvalue weighted by atomic mass is 9.71. The highest BCUT2D eigenvalue weighted by Crippen LogP contribution is 2.53. The second kappa shape index (κ2) is 6.87. The van der Waals surface area contributed by atoms with E-state index in [2.05, 4.69) is 46.8 Å². The molecule has 0 radical (unpaired) electrons. The van der Waals surface area contributed by atoms with E-state index in [0.717, 1.165) is 16.0 Å². The SMILES string of the molecule is CC1C(C)(C)c2ccc(C(=O)C=Cc3ccc(S(C)=O)cc3)cc2C1(C)C. The highest BCUT2D eigenvalue weighted by molar-refractivity contribution is 7.84. The summed E-state index contributed by atoms with van der Waals surface area (Å²) >= 11 is 0. The lowest BCUT2D eigenvalue weighted by molar-refractivity contribution is 0.104. The Hall–Kier alpha value is -2.00. The van der Waals surface area contributed by atoms with Gasteiger partial charge in [0.2, 0.25) is 0 Å². The molecule has 0 heterocycles. The quantitative estimate of drug-likeness (QED) is 0.516. The Labute approximate surface area is 165 Å². The number of carbonyl (C=O) groups excluding carboxylic acids is 1. The molecule has 3 heteroatoms. The van der Waals surface area contributed by atoms with Crippen molar-refractivity contribution < 1.29 is 9.00 Å². The van der Waals surface area contributed by atoms with E-state index in [9.17, 15) is 9.00 Å². The maximum absolute atomic E-state index is 12.7. The third kappa shape index (κ3) is 3.45. The monoisotopic (exact) mass is 380 g/mol. The number of hydrogen-bond donors (Lipinski definition) is 0. The molecule has 27 heavy (non-hydrogen) atoms. The van der Waals surface area contributed by atoms with Crippen molar-refractivity contribution in [1.82, 2.24) is 0 Å². The van der Waals surface area contributed by atoms with Gasteiger partial charge in [0, 0.05) is 27.5 Å². The van der Waals surface area contributed by atoms with Gasteiger partial charge in [-0.15, -0.1) is 0 Å². The molecule has 0 N–H and O–H groups in total.